The van der Waals surface area contributed by atoms with Crippen molar-refractivity contribution in [3.63, 3.8) is 0 Å². The molecule has 0 aliphatic carbocycles. The highest BCUT2D eigenvalue weighted by molar-refractivity contribution is 5.97. The largest absolute Gasteiger partial charge is 0.496 e. The van der Waals surface area contributed by atoms with Gasteiger partial charge in [-0.25, -0.2) is 0 Å². The highest BCUT2D eigenvalue weighted by atomic mass is 16.5. The van der Waals surface area contributed by atoms with Gasteiger partial charge in [-0.15, -0.1) is 0 Å². The molecule has 2 aromatic rings. The van der Waals surface area contributed by atoms with Crippen LogP contribution >= 0.6 is 0 Å². The maximum Gasteiger partial charge on any atom is 0.249 e. The lowest BCUT2D eigenvalue weighted by Gasteiger charge is -2.15. The fourth-order valence-electron chi connectivity index (χ4n) is 2.56. The van der Waals surface area contributed by atoms with Crippen LogP contribution < -0.4 is 15.6 Å². The number of nitrogens with one attached hydrogen (secondary N) is 2. The first-order valence-electron chi connectivity index (χ1n) is 6.88. The van der Waals surface area contributed by atoms with Crippen LogP contribution in [-0.4, -0.2) is 13.0 Å². The second-order valence-electron chi connectivity index (χ2n) is 5.67. The number of carbonyl (C=O) groups is 1. The average molecular weight is 282 g/mol. The molecule has 2 aromatic carbocycles. The molecule has 1 heterocycles. The first-order chi connectivity index (χ1) is 10.0. The maximum atomic E-state index is 11.8. The van der Waals surface area contributed by atoms with E-state index in [1.165, 1.54) is 0 Å². The molecule has 0 bridgehead atoms. The first-order valence-corrected chi connectivity index (χ1v) is 6.88. The molecule has 0 unspecified atom stereocenters. The molecule has 1 saturated heterocycles. The van der Waals surface area contributed by atoms with E-state index < -0.39 is 5.41 Å². The Bertz CT molecular complexity index is 742. The molecule has 2 N–H and O–H groups in total. The molecule has 0 spiro atoms. The van der Waals surface area contributed by atoms with Crippen LogP contribution in [0.1, 0.15) is 19.4 Å². The molecule has 1 amide bonds. The summed E-state index contributed by atoms with van der Waals surface area (Å²) in [7, 11) is 1.67. The van der Waals surface area contributed by atoms with E-state index in [0.717, 1.165) is 27.8 Å². The zero-order chi connectivity index (χ0) is 15.0. The fraction of sp³-hybridized carbons (Fsp3) is 0.235. The van der Waals surface area contributed by atoms with Crippen molar-refractivity contribution in [2.75, 3.05) is 7.11 Å². The summed E-state index contributed by atoms with van der Waals surface area (Å²) >= 11 is 0. The molecule has 0 atom stereocenters. The van der Waals surface area contributed by atoms with Gasteiger partial charge in [0.15, 0.2) is 0 Å². The van der Waals surface area contributed by atoms with E-state index in [0.29, 0.717) is 0 Å². The summed E-state index contributed by atoms with van der Waals surface area (Å²) in [6.45, 7) is 3.80. The van der Waals surface area contributed by atoms with Gasteiger partial charge in [0.2, 0.25) is 5.91 Å². The quantitative estimate of drug-likeness (QED) is 0.890. The molecule has 4 heteroatoms. The highest BCUT2D eigenvalue weighted by Gasteiger charge is 2.37. The highest BCUT2D eigenvalue weighted by Crippen LogP contribution is 2.34. The van der Waals surface area contributed by atoms with Crippen LogP contribution in [0.5, 0.6) is 5.75 Å². The predicted octanol–water partition coefficient (Wildman–Crippen LogP) is 2.85. The minimum Gasteiger partial charge on any atom is -0.496 e. The monoisotopic (exact) mass is 282 g/mol. The number of ether oxygens (including phenoxy) is 1. The van der Waals surface area contributed by atoms with Crippen molar-refractivity contribution < 1.29 is 9.53 Å². The van der Waals surface area contributed by atoms with Gasteiger partial charge in [0.25, 0.3) is 0 Å². The lowest BCUT2D eigenvalue weighted by molar-refractivity contribution is -0.125. The minimum absolute atomic E-state index is 0.0269. The third-order valence-corrected chi connectivity index (χ3v) is 3.97. The van der Waals surface area contributed by atoms with Crippen molar-refractivity contribution in [3.05, 3.63) is 47.7 Å². The summed E-state index contributed by atoms with van der Waals surface area (Å²) in [6, 6.07) is 12.1. The minimum atomic E-state index is -0.565. The molecular weight excluding hydrogens is 264 g/mol. The molecular formula is C17H18N2O2. The summed E-state index contributed by atoms with van der Waals surface area (Å²) in [5.74, 6) is 0.802. The Morgan fingerprint density at radius 2 is 1.81 bits per heavy atom. The third-order valence-electron chi connectivity index (χ3n) is 3.97. The Morgan fingerprint density at radius 3 is 2.43 bits per heavy atom. The van der Waals surface area contributed by atoms with Crippen molar-refractivity contribution in [1.29, 1.82) is 0 Å². The second kappa shape index (κ2) is 4.81. The molecule has 108 valence electrons. The molecule has 1 fully saturated rings. The van der Waals surface area contributed by atoms with E-state index in [4.69, 9.17) is 4.74 Å². The van der Waals surface area contributed by atoms with Gasteiger partial charge < -0.3 is 10.2 Å². The Kier molecular flexibility index (Phi) is 3.09. The molecule has 3 rings (SSSR count). The number of fused-ring (bicyclic) bond motifs is 1. The van der Waals surface area contributed by atoms with Crippen molar-refractivity contribution in [3.8, 4) is 5.75 Å². The van der Waals surface area contributed by atoms with Crippen molar-refractivity contribution in [2.24, 2.45) is 5.41 Å². The average Bonchev–Trinajstić information content (AvgIpc) is 2.73. The summed E-state index contributed by atoms with van der Waals surface area (Å²) in [4.78, 5) is 11.8. The van der Waals surface area contributed by atoms with Crippen molar-refractivity contribution >= 4 is 22.8 Å². The maximum absolute atomic E-state index is 11.8. The van der Waals surface area contributed by atoms with Gasteiger partial charge in [-0.05, 0) is 36.9 Å². The van der Waals surface area contributed by atoms with E-state index >= 15 is 0 Å². The van der Waals surface area contributed by atoms with Crippen LogP contribution in [0.2, 0.25) is 0 Å². The zero-order valence-electron chi connectivity index (χ0n) is 12.4. The van der Waals surface area contributed by atoms with Gasteiger partial charge in [-0.2, -0.15) is 0 Å². The summed E-state index contributed by atoms with van der Waals surface area (Å²) in [5, 5.41) is 2.16. The second-order valence-corrected chi connectivity index (χ2v) is 5.67. The number of methoxy groups -OCH3 is 1. The van der Waals surface area contributed by atoms with Gasteiger partial charge in [0.1, 0.15) is 5.75 Å². The zero-order valence-corrected chi connectivity index (χ0v) is 12.4. The van der Waals surface area contributed by atoms with E-state index in [1.807, 2.05) is 44.2 Å². The first kappa shape index (κ1) is 13.5. The van der Waals surface area contributed by atoms with Gasteiger partial charge in [-0.1, -0.05) is 30.3 Å². The standard InChI is InChI=1S/C17H18N2O2/c1-17(2)14(18-19-16(17)20)10-12-8-4-6-11-7-5-9-13(21-3)15(11)12/h4-10,18H,1-3H3,(H,19,20)/b14-10-. The SMILES string of the molecule is COc1cccc2cccc(/C=C3\NNC(=O)C3(C)C)c12. The third kappa shape index (κ3) is 2.13. The van der Waals surface area contributed by atoms with Gasteiger partial charge in [-0.3, -0.25) is 10.2 Å². The van der Waals surface area contributed by atoms with Crippen LogP contribution in [0.25, 0.3) is 16.8 Å². The topological polar surface area (TPSA) is 50.4 Å². The Labute approximate surface area is 123 Å². The van der Waals surface area contributed by atoms with E-state index in [9.17, 15) is 4.79 Å². The van der Waals surface area contributed by atoms with Crippen LogP contribution in [0, 0.1) is 5.41 Å². The van der Waals surface area contributed by atoms with E-state index in [1.54, 1.807) is 7.11 Å². The lowest BCUT2D eigenvalue weighted by atomic mass is 9.88. The summed E-state index contributed by atoms with van der Waals surface area (Å²) in [5.41, 5.74) is 6.95. The van der Waals surface area contributed by atoms with E-state index in [2.05, 4.69) is 23.0 Å². The molecule has 0 radical (unpaired) electrons. The lowest BCUT2D eigenvalue weighted by Crippen LogP contribution is -2.28. The molecule has 0 aromatic heterocycles. The van der Waals surface area contributed by atoms with Gasteiger partial charge in [0, 0.05) is 11.1 Å². The Morgan fingerprint density at radius 1 is 1.10 bits per heavy atom. The fourth-order valence-corrected chi connectivity index (χ4v) is 2.56. The molecule has 1 aliphatic rings. The number of benzene rings is 2. The van der Waals surface area contributed by atoms with Crippen LogP contribution in [0.3, 0.4) is 0 Å². The Balaban J connectivity index is 2.20. The van der Waals surface area contributed by atoms with Crippen molar-refractivity contribution in [2.45, 2.75) is 13.8 Å². The number of amides is 1. The number of carbonyl (C=O) groups excluding carboxylic acids is 1. The normalized spacial score (nSPS) is 18.6. The molecule has 1 aliphatic heterocycles. The van der Waals surface area contributed by atoms with E-state index in [-0.39, 0.29) is 5.91 Å². The Hall–Kier alpha value is -2.49. The van der Waals surface area contributed by atoms with Crippen LogP contribution in [-0.2, 0) is 4.79 Å². The molecule has 4 nitrogen and oxygen atoms in total. The summed E-state index contributed by atoms with van der Waals surface area (Å²) < 4.78 is 5.47. The number of hydrogen-bond acceptors (Lipinski definition) is 3. The molecule has 21 heavy (non-hydrogen) atoms. The summed E-state index contributed by atoms with van der Waals surface area (Å²) in [6.07, 6.45) is 2.00. The van der Waals surface area contributed by atoms with Crippen LogP contribution in [0.15, 0.2) is 42.1 Å². The number of rotatable bonds is 2. The predicted molar refractivity (Wildman–Crippen MR) is 83.5 cm³/mol. The smallest absolute Gasteiger partial charge is 0.249 e. The van der Waals surface area contributed by atoms with Crippen molar-refractivity contribution in [1.82, 2.24) is 10.9 Å². The number of hydrazine groups is 1. The van der Waals surface area contributed by atoms with Gasteiger partial charge in [0.05, 0.1) is 12.5 Å². The molecule has 0 saturated carbocycles. The van der Waals surface area contributed by atoms with Crippen LogP contribution in [0.4, 0.5) is 0 Å². The van der Waals surface area contributed by atoms with Gasteiger partial charge >= 0.3 is 0 Å². The number of hydrogen-bond donors (Lipinski definition) is 2.